The minimum Gasteiger partial charge on any atom is -0.321 e. The van der Waals surface area contributed by atoms with Gasteiger partial charge in [0.05, 0.1) is 0 Å². The van der Waals surface area contributed by atoms with E-state index >= 15 is 0 Å². The van der Waals surface area contributed by atoms with Gasteiger partial charge in [-0.2, -0.15) is 0 Å². The first-order valence-electron chi connectivity index (χ1n) is 7.13. The monoisotopic (exact) mass is 307 g/mol. The fraction of sp³-hybridized carbons (Fsp3) is 0.105. The molecule has 3 aromatic rings. The highest BCUT2D eigenvalue weighted by Crippen LogP contribution is 2.25. The number of aryl methyl sites for hydroxylation is 1. The number of hydrogen-bond acceptors (Lipinski definition) is 2. The fourth-order valence-corrected chi connectivity index (χ4v) is 2.94. The Bertz CT molecular complexity index is 836. The van der Waals surface area contributed by atoms with Gasteiger partial charge in [-0.3, -0.25) is 4.79 Å². The average molecular weight is 307 g/mol. The minimum atomic E-state index is -0.0650. The third-order valence-corrected chi connectivity index (χ3v) is 4.45. The van der Waals surface area contributed by atoms with Gasteiger partial charge in [-0.15, -0.1) is 11.8 Å². The number of benzene rings is 3. The van der Waals surface area contributed by atoms with Crippen LogP contribution >= 0.6 is 11.8 Å². The lowest BCUT2D eigenvalue weighted by Crippen LogP contribution is -2.13. The molecule has 3 heteroatoms. The van der Waals surface area contributed by atoms with Crippen LogP contribution < -0.4 is 5.32 Å². The van der Waals surface area contributed by atoms with E-state index in [-0.39, 0.29) is 5.91 Å². The number of thioether (sulfide) groups is 1. The lowest BCUT2D eigenvalue weighted by Gasteiger charge is -2.11. The van der Waals surface area contributed by atoms with Gasteiger partial charge in [-0.1, -0.05) is 42.5 Å². The molecule has 0 radical (unpaired) electrons. The summed E-state index contributed by atoms with van der Waals surface area (Å²) in [5.74, 6) is -0.0650. The zero-order valence-electron chi connectivity index (χ0n) is 12.6. The fourth-order valence-electron chi connectivity index (χ4n) is 2.50. The maximum atomic E-state index is 12.6. The predicted molar refractivity (Wildman–Crippen MR) is 94.9 cm³/mol. The molecule has 0 aliphatic heterocycles. The van der Waals surface area contributed by atoms with Gasteiger partial charge in [-0.25, -0.2) is 0 Å². The number of amides is 1. The lowest BCUT2D eigenvalue weighted by molar-refractivity contribution is 0.102. The smallest absolute Gasteiger partial charge is 0.255 e. The van der Waals surface area contributed by atoms with Crippen LogP contribution in [0.25, 0.3) is 10.8 Å². The van der Waals surface area contributed by atoms with E-state index in [9.17, 15) is 4.79 Å². The summed E-state index contributed by atoms with van der Waals surface area (Å²) in [6, 6.07) is 20.0. The zero-order valence-corrected chi connectivity index (χ0v) is 13.4. The van der Waals surface area contributed by atoms with E-state index in [1.807, 2.05) is 73.8 Å². The van der Waals surface area contributed by atoms with Crippen LogP contribution in [-0.4, -0.2) is 12.2 Å². The summed E-state index contributed by atoms with van der Waals surface area (Å²) < 4.78 is 0. The molecule has 0 unspecified atom stereocenters. The van der Waals surface area contributed by atoms with Gasteiger partial charge in [0, 0.05) is 21.5 Å². The molecule has 0 aromatic heterocycles. The Labute approximate surface area is 134 Å². The molecule has 22 heavy (non-hydrogen) atoms. The number of fused-ring (bicyclic) bond motifs is 1. The van der Waals surface area contributed by atoms with Crippen LogP contribution in [0.5, 0.6) is 0 Å². The predicted octanol–water partition coefficient (Wildman–Crippen LogP) is 5.12. The molecule has 0 spiro atoms. The van der Waals surface area contributed by atoms with Crippen molar-refractivity contribution in [2.45, 2.75) is 11.8 Å². The highest BCUT2D eigenvalue weighted by atomic mass is 32.2. The SMILES string of the molecule is CSc1ccc(C)c(C(=O)Nc2cccc3ccccc23)c1. The second-order valence-corrected chi connectivity index (χ2v) is 6.04. The van der Waals surface area contributed by atoms with Crippen molar-refractivity contribution in [3.05, 3.63) is 71.8 Å². The molecule has 3 aromatic carbocycles. The van der Waals surface area contributed by atoms with Crippen molar-refractivity contribution < 1.29 is 4.79 Å². The molecule has 0 heterocycles. The Morgan fingerprint density at radius 1 is 1.00 bits per heavy atom. The van der Waals surface area contributed by atoms with Gasteiger partial charge in [-0.05, 0) is 42.3 Å². The van der Waals surface area contributed by atoms with Crippen LogP contribution in [-0.2, 0) is 0 Å². The van der Waals surface area contributed by atoms with Gasteiger partial charge in [0.25, 0.3) is 5.91 Å². The van der Waals surface area contributed by atoms with Crippen molar-refractivity contribution in [1.29, 1.82) is 0 Å². The third kappa shape index (κ3) is 2.85. The van der Waals surface area contributed by atoms with Crippen LogP contribution in [0.2, 0.25) is 0 Å². The van der Waals surface area contributed by atoms with Crippen LogP contribution in [0.4, 0.5) is 5.69 Å². The molecule has 0 fully saturated rings. The van der Waals surface area contributed by atoms with Crippen LogP contribution in [0.15, 0.2) is 65.6 Å². The maximum absolute atomic E-state index is 12.6. The number of hydrogen-bond donors (Lipinski definition) is 1. The topological polar surface area (TPSA) is 29.1 Å². The molecule has 0 aliphatic rings. The van der Waals surface area contributed by atoms with E-state index in [4.69, 9.17) is 0 Å². The lowest BCUT2D eigenvalue weighted by atomic mass is 10.1. The number of carbonyl (C=O) groups is 1. The largest absolute Gasteiger partial charge is 0.321 e. The molecule has 3 rings (SSSR count). The standard InChI is InChI=1S/C19H17NOS/c1-13-10-11-15(22-2)12-17(13)19(21)20-18-9-5-7-14-6-3-4-8-16(14)18/h3-12H,1-2H3,(H,20,21). The first-order valence-corrected chi connectivity index (χ1v) is 8.35. The summed E-state index contributed by atoms with van der Waals surface area (Å²) in [5, 5.41) is 5.22. The first kappa shape index (κ1) is 14.7. The first-order chi connectivity index (χ1) is 10.7. The molecule has 110 valence electrons. The molecule has 0 aliphatic carbocycles. The van der Waals surface area contributed by atoms with Gasteiger partial charge in [0.15, 0.2) is 0 Å². The van der Waals surface area contributed by atoms with Gasteiger partial charge < -0.3 is 5.32 Å². The van der Waals surface area contributed by atoms with Crippen molar-refractivity contribution in [1.82, 2.24) is 0 Å². The van der Waals surface area contributed by atoms with Crippen LogP contribution in [0.1, 0.15) is 15.9 Å². The summed E-state index contributed by atoms with van der Waals surface area (Å²) in [5.41, 5.74) is 2.55. The van der Waals surface area contributed by atoms with Crippen LogP contribution in [0.3, 0.4) is 0 Å². The highest BCUT2D eigenvalue weighted by molar-refractivity contribution is 7.98. The van der Waals surface area contributed by atoms with Crippen molar-refractivity contribution in [2.24, 2.45) is 0 Å². The van der Waals surface area contributed by atoms with Crippen molar-refractivity contribution in [3.8, 4) is 0 Å². The number of rotatable bonds is 3. The second-order valence-electron chi connectivity index (χ2n) is 5.16. The molecular formula is C19H17NOS. The van der Waals surface area contributed by atoms with Crippen LogP contribution in [0, 0.1) is 6.92 Å². The Morgan fingerprint density at radius 2 is 1.77 bits per heavy atom. The number of nitrogens with one attached hydrogen (secondary N) is 1. The molecule has 0 bridgehead atoms. The molecule has 1 amide bonds. The average Bonchev–Trinajstić information content (AvgIpc) is 2.55. The summed E-state index contributed by atoms with van der Waals surface area (Å²) >= 11 is 1.64. The van der Waals surface area contributed by atoms with E-state index < -0.39 is 0 Å². The molecular weight excluding hydrogens is 290 g/mol. The Kier molecular flexibility index (Phi) is 4.16. The van der Waals surface area contributed by atoms with E-state index in [0.29, 0.717) is 0 Å². The van der Waals surface area contributed by atoms with Gasteiger partial charge in [0.1, 0.15) is 0 Å². The minimum absolute atomic E-state index is 0.0650. The van der Waals surface area contributed by atoms with E-state index in [1.165, 1.54) is 0 Å². The van der Waals surface area contributed by atoms with Crippen molar-refractivity contribution >= 4 is 34.1 Å². The summed E-state index contributed by atoms with van der Waals surface area (Å²) in [6.45, 7) is 1.96. The van der Waals surface area contributed by atoms with E-state index in [2.05, 4.69) is 5.32 Å². The molecule has 0 saturated carbocycles. The Balaban J connectivity index is 1.97. The highest BCUT2D eigenvalue weighted by Gasteiger charge is 2.11. The molecule has 1 N–H and O–H groups in total. The Morgan fingerprint density at radius 3 is 2.59 bits per heavy atom. The van der Waals surface area contributed by atoms with Crippen molar-refractivity contribution in [3.63, 3.8) is 0 Å². The second kappa shape index (κ2) is 6.24. The van der Waals surface area contributed by atoms with E-state index in [1.54, 1.807) is 11.8 Å². The van der Waals surface area contributed by atoms with Gasteiger partial charge >= 0.3 is 0 Å². The number of carbonyl (C=O) groups excluding carboxylic acids is 1. The van der Waals surface area contributed by atoms with E-state index in [0.717, 1.165) is 32.5 Å². The quantitative estimate of drug-likeness (QED) is 0.680. The summed E-state index contributed by atoms with van der Waals surface area (Å²) in [7, 11) is 0. The van der Waals surface area contributed by atoms with Gasteiger partial charge in [0.2, 0.25) is 0 Å². The molecule has 0 atom stereocenters. The molecule has 2 nitrogen and oxygen atoms in total. The maximum Gasteiger partial charge on any atom is 0.255 e. The zero-order chi connectivity index (χ0) is 15.5. The third-order valence-electron chi connectivity index (χ3n) is 3.73. The molecule has 0 saturated heterocycles. The normalized spacial score (nSPS) is 10.6. The Hall–Kier alpha value is -2.26. The summed E-state index contributed by atoms with van der Waals surface area (Å²) in [4.78, 5) is 13.7. The van der Waals surface area contributed by atoms with Crippen molar-refractivity contribution in [2.75, 3.05) is 11.6 Å². The summed E-state index contributed by atoms with van der Waals surface area (Å²) in [6.07, 6.45) is 2.01. The number of anilines is 1.